The lowest BCUT2D eigenvalue weighted by Gasteiger charge is -2.43. The Labute approximate surface area is 158 Å². The Morgan fingerprint density at radius 2 is 1.85 bits per heavy atom. The molecule has 1 aromatic rings. The maximum absolute atomic E-state index is 13.1. The topological polar surface area (TPSA) is 71.7 Å². The minimum Gasteiger partial charge on any atom is -0.444 e. The molecule has 0 bridgehead atoms. The molecule has 0 unspecified atom stereocenters. The summed E-state index contributed by atoms with van der Waals surface area (Å²) >= 11 is 0. The van der Waals surface area contributed by atoms with Gasteiger partial charge in [0.15, 0.2) is 5.82 Å². The summed E-state index contributed by atoms with van der Waals surface area (Å²) in [5, 5.41) is 3.96. The van der Waals surface area contributed by atoms with Gasteiger partial charge in [-0.1, -0.05) is 5.16 Å². The first-order valence-electron chi connectivity index (χ1n) is 9.29. The lowest BCUT2D eigenvalue weighted by molar-refractivity contribution is -0.0888. The van der Waals surface area contributed by atoms with E-state index in [2.05, 4.69) is 10.1 Å². The molecule has 27 heavy (non-hydrogen) atoms. The third-order valence-corrected chi connectivity index (χ3v) is 5.39. The van der Waals surface area contributed by atoms with Crippen LogP contribution >= 0.6 is 0 Å². The number of likely N-dealkylation sites (tertiary alicyclic amines) is 1. The van der Waals surface area contributed by atoms with Crippen molar-refractivity contribution < 1.29 is 22.8 Å². The van der Waals surface area contributed by atoms with E-state index in [1.54, 1.807) is 4.90 Å². The summed E-state index contributed by atoms with van der Waals surface area (Å²) in [5.74, 6) is -2.18. The van der Waals surface area contributed by atoms with Crippen LogP contribution in [0.5, 0.6) is 0 Å². The fourth-order valence-corrected chi connectivity index (χ4v) is 3.67. The van der Waals surface area contributed by atoms with Gasteiger partial charge in [-0.15, -0.1) is 0 Å². The average molecular weight is 386 g/mol. The minimum atomic E-state index is -2.62. The zero-order valence-corrected chi connectivity index (χ0v) is 16.6. The number of halogens is 2. The van der Waals surface area contributed by atoms with Crippen molar-refractivity contribution >= 4 is 6.09 Å². The fourth-order valence-electron chi connectivity index (χ4n) is 3.67. The van der Waals surface area contributed by atoms with E-state index < -0.39 is 17.1 Å². The Balaban J connectivity index is 1.70. The van der Waals surface area contributed by atoms with E-state index in [4.69, 9.17) is 9.26 Å². The number of alkyl halides is 2. The number of amides is 1. The monoisotopic (exact) mass is 386 g/mol. The molecular formula is C18H28F2N4O3. The number of hydrogen-bond donors (Lipinski definition) is 0. The summed E-state index contributed by atoms with van der Waals surface area (Å²) in [7, 11) is 3.84. The molecule has 1 aromatic heterocycles. The Hall–Kier alpha value is -1.77. The number of piperidine rings is 1. The van der Waals surface area contributed by atoms with Gasteiger partial charge < -0.3 is 14.2 Å². The number of hydrogen-bond acceptors (Lipinski definition) is 6. The number of ether oxygens (including phenoxy) is 1. The summed E-state index contributed by atoms with van der Waals surface area (Å²) in [5.41, 5.74) is -1.06. The average Bonchev–Trinajstić information content (AvgIpc) is 3.00. The van der Waals surface area contributed by atoms with Crippen molar-refractivity contribution in [1.29, 1.82) is 0 Å². The van der Waals surface area contributed by atoms with Crippen LogP contribution in [0.2, 0.25) is 0 Å². The number of nitrogens with zero attached hydrogens (tertiary/aromatic N) is 4. The van der Waals surface area contributed by atoms with Gasteiger partial charge in [0.05, 0.1) is 0 Å². The molecule has 2 heterocycles. The molecule has 0 radical (unpaired) electrons. The van der Waals surface area contributed by atoms with Gasteiger partial charge in [0, 0.05) is 31.8 Å². The quantitative estimate of drug-likeness (QED) is 0.793. The summed E-state index contributed by atoms with van der Waals surface area (Å²) in [4.78, 5) is 20.4. The zero-order chi connectivity index (χ0) is 20.0. The highest BCUT2D eigenvalue weighted by Gasteiger charge is 2.50. The number of carbonyl (C=O) groups excluding carboxylic acids is 1. The van der Waals surface area contributed by atoms with Gasteiger partial charge in [0.1, 0.15) is 11.1 Å². The van der Waals surface area contributed by atoms with E-state index in [0.717, 1.165) is 0 Å². The van der Waals surface area contributed by atoms with Crippen LogP contribution in [0.25, 0.3) is 0 Å². The largest absolute Gasteiger partial charge is 0.444 e. The molecule has 0 spiro atoms. The van der Waals surface area contributed by atoms with Gasteiger partial charge in [0.2, 0.25) is 11.8 Å². The van der Waals surface area contributed by atoms with Crippen LogP contribution in [0.1, 0.15) is 64.1 Å². The fraction of sp³-hybridized carbons (Fsp3) is 0.833. The van der Waals surface area contributed by atoms with Gasteiger partial charge in [-0.25, -0.2) is 13.6 Å². The molecule has 0 aromatic carbocycles. The molecule has 9 heteroatoms. The standard InChI is InChI=1S/C18H28F2N4O3/c1-16(2,3)26-15(25)24-8-6-17(7-9-24,23(4)5)14-21-13(22-27-14)12-10-18(19,20)11-12/h12H,6-11H2,1-5H3. The Morgan fingerprint density at radius 3 is 2.33 bits per heavy atom. The Bertz CT molecular complexity index is 683. The molecule has 1 aliphatic heterocycles. The van der Waals surface area contributed by atoms with Crippen LogP contribution in [0.4, 0.5) is 13.6 Å². The van der Waals surface area contributed by atoms with Crippen molar-refractivity contribution in [3.8, 4) is 0 Å². The number of aromatic nitrogens is 2. The van der Waals surface area contributed by atoms with Gasteiger partial charge in [-0.2, -0.15) is 4.98 Å². The third kappa shape index (κ3) is 4.07. The minimum absolute atomic E-state index is 0.229. The van der Waals surface area contributed by atoms with E-state index in [0.29, 0.717) is 37.6 Å². The Morgan fingerprint density at radius 1 is 1.26 bits per heavy atom. The molecule has 1 saturated heterocycles. The molecule has 3 rings (SSSR count). The molecule has 1 saturated carbocycles. The molecule has 2 fully saturated rings. The van der Waals surface area contributed by atoms with E-state index in [1.165, 1.54) is 0 Å². The van der Waals surface area contributed by atoms with E-state index in [9.17, 15) is 13.6 Å². The first-order valence-corrected chi connectivity index (χ1v) is 9.29. The first kappa shape index (κ1) is 20.0. The highest BCUT2D eigenvalue weighted by molar-refractivity contribution is 5.68. The van der Waals surface area contributed by atoms with Crippen molar-refractivity contribution in [1.82, 2.24) is 19.9 Å². The van der Waals surface area contributed by atoms with Gasteiger partial charge in [0.25, 0.3) is 0 Å². The van der Waals surface area contributed by atoms with E-state index in [1.807, 2.05) is 39.8 Å². The van der Waals surface area contributed by atoms with Crippen molar-refractivity contribution in [2.75, 3.05) is 27.2 Å². The first-order chi connectivity index (χ1) is 12.4. The van der Waals surface area contributed by atoms with Crippen molar-refractivity contribution in [3.63, 3.8) is 0 Å². The summed E-state index contributed by atoms with van der Waals surface area (Å²) < 4.78 is 37.2. The molecular weight excluding hydrogens is 358 g/mol. The second kappa shape index (κ2) is 6.68. The van der Waals surface area contributed by atoms with Gasteiger partial charge in [-0.3, -0.25) is 4.90 Å². The van der Waals surface area contributed by atoms with Crippen molar-refractivity contribution in [3.05, 3.63) is 11.7 Å². The van der Waals surface area contributed by atoms with Crippen LogP contribution in [-0.4, -0.2) is 64.7 Å². The molecule has 0 atom stereocenters. The highest BCUT2D eigenvalue weighted by Crippen LogP contribution is 2.48. The highest BCUT2D eigenvalue weighted by atomic mass is 19.3. The molecule has 0 N–H and O–H groups in total. The zero-order valence-electron chi connectivity index (χ0n) is 16.6. The van der Waals surface area contributed by atoms with Crippen LogP contribution in [-0.2, 0) is 10.3 Å². The van der Waals surface area contributed by atoms with Crippen molar-refractivity contribution in [2.24, 2.45) is 0 Å². The Kier molecular flexibility index (Phi) is 4.95. The molecule has 7 nitrogen and oxygen atoms in total. The van der Waals surface area contributed by atoms with Crippen LogP contribution in [0, 0.1) is 0 Å². The maximum atomic E-state index is 13.1. The number of carbonyl (C=O) groups is 1. The van der Waals surface area contributed by atoms with Gasteiger partial charge in [-0.05, 0) is 47.7 Å². The molecule has 152 valence electrons. The third-order valence-electron chi connectivity index (χ3n) is 5.39. The van der Waals surface area contributed by atoms with Crippen LogP contribution < -0.4 is 0 Å². The lowest BCUT2D eigenvalue weighted by atomic mass is 9.81. The van der Waals surface area contributed by atoms with Crippen LogP contribution in [0.15, 0.2) is 4.52 Å². The number of rotatable bonds is 3. The SMILES string of the molecule is CN(C)C1(c2nc(C3CC(F)(F)C3)no2)CCN(C(=O)OC(C)(C)C)CC1. The smallest absolute Gasteiger partial charge is 0.410 e. The molecule has 1 aliphatic carbocycles. The summed E-state index contributed by atoms with van der Waals surface area (Å²) in [6.07, 6.45) is 0.405. The van der Waals surface area contributed by atoms with E-state index in [-0.39, 0.29) is 24.9 Å². The molecule has 2 aliphatic rings. The summed E-state index contributed by atoms with van der Waals surface area (Å²) in [6, 6.07) is 0. The van der Waals surface area contributed by atoms with Crippen LogP contribution in [0.3, 0.4) is 0 Å². The van der Waals surface area contributed by atoms with E-state index >= 15 is 0 Å². The van der Waals surface area contributed by atoms with Crippen molar-refractivity contribution in [2.45, 2.75) is 69.4 Å². The lowest BCUT2D eigenvalue weighted by Crippen LogP contribution is -2.52. The van der Waals surface area contributed by atoms with Gasteiger partial charge >= 0.3 is 6.09 Å². The second-order valence-electron chi connectivity index (χ2n) is 8.81. The predicted octanol–water partition coefficient (Wildman–Crippen LogP) is 3.37. The maximum Gasteiger partial charge on any atom is 0.410 e. The predicted molar refractivity (Wildman–Crippen MR) is 93.6 cm³/mol. The second-order valence-corrected chi connectivity index (χ2v) is 8.81. The normalized spacial score (nSPS) is 22.6. The summed E-state index contributed by atoms with van der Waals surface area (Å²) in [6.45, 7) is 6.49. The molecule has 1 amide bonds.